The molecule has 0 aromatic heterocycles. The van der Waals surface area contributed by atoms with Gasteiger partial charge in [-0.05, 0) is 44.6 Å². The highest BCUT2D eigenvalue weighted by Gasteiger charge is 2.39. The predicted molar refractivity (Wildman–Crippen MR) is 112 cm³/mol. The first-order chi connectivity index (χ1) is 13.7. The molecule has 1 aliphatic carbocycles. The predicted octanol–water partition coefficient (Wildman–Crippen LogP) is 4.21. The molecular formula is C23H35N3O2. The summed E-state index contributed by atoms with van der Waals surface area (Å²) in [4.78, 5) is 15.2. The minimum absolute atomic E-state index is 0.0492. The van der Waals surface area contributed by atoms with Crippen LogP contribution in [-0.2, 0) is 6.54 Å². The number of hydrogen-bond acceptors (Lipinski definition) is 3. The second-order valence-electron chi connectivity index (χ2n) is 8.84. The largest absolute Gasteiger partial charge is 0.496 e. The van der Waals surface area contributed by atoms with Crippen molar-refractivity contribution in [3.8, 4) is 5.75 Å². The van der Waals surface area contributed by atoms with E-state index in [-0.39, 0.29) is 6.03 Å². The van der Waals surface area contributed by atoms with Crippen LogP contribution >= 0.6 is 0 Å². The van der Waals surface area contributed by atoms with Crippen molar-refractivity contribution in [2.75, 3.05) is 7.11 Å². The molecular weight excluding hydrogens is 350 g/mol. The number of carbonyl (C=O) groups excluding carboxylic acids is 1. The van der Waals surface area contributed by atoms with Crippen molar-refractivity contribution in [3.05, 3.63) is 29.8 Å². The summed E-state index contributed by atoms with van der Waals surface area (Å²) in [5.74, 6) is 0.979. The Balaban J connectivity index is 1.34. The summed E-state index contributed by atoms with van der Waals surface area (Å²) < 4.78 is 5.56. The molecule has 4 rings (SSSR count). The Morgan fingerprint density at radius 2 is 1.64 bits per heavy atom. The summed E-state index contributed by atoms with van der Waals surface area (Å²) in [6, 6.07) is 10.2. The summed E-state index contributed by atoms with van der Waals surface area (Å²) in [6.07, 6.45) is 12.0. The van der Waals surface area contributed by atoms with E-state index in [1.807, 2.05) is 6.07 Å². The van der Waals surface area contributed by atoms with Crippen LogP contribution in [0.25, 0.3) is 0 Å². The fraction of sp³-hybridized carbons (Fsp3) is 0.696. The summed E-state index contributed by atoms with van der Waals surface area (Å²) in [7, 11) is 1.75. The van der Waals surface area contributed by atoms with Gasteiger partial charge in [-0.3, -0.25) is 4.90 Å². The van der Waals surface area contributed by atoms with E-state index in [9.17, 15) is 4.79 Å². The van der Waals surface area contributed by atoms with E-state index in [1.165, 1.54) is 44.1 Å². The van der Waals surface area contributed by atoms with E-state index < -0.39 is 0 Å². The molecule has 1 saturated carbocycles. The highest BCUT2D eigenvalue weighted by atomic mass is 16.5. The SMILES string of the molecule is COc1ccccc1CN1[C@H]2CCC[C@H]1CC(NC(=O)NC1CCCCC1)C2. The maximum absolute atomic E-state index is 12.5. The molecule has 2 N–H and O–H groups in total. The number of benzene rings is 1. The first-order valence-corrected chi connectivity index (χ1v) is 11.2. The Morgan fingerprint density at radius 1 is 0.964 bits per heavy atom. The zero-order valence-corrected chi connectivity index (χ0v) is 17.2. The lowest BCUT2D eigenvalue weighted by atomic mass is 9.81. The van der Waals surface area contributed by atoms with Crippen LogP contribution in [0.15, 0.2) is 24.3 Å². The van der Waals surface area contributed by atoms with Gasteiger partial charge in [0.25, 0.3) is 0 Å². The lowest BCUT2D eigenvalue weighted by molar-refractivity contribution is 0.0191. The van der Waals surface area contributed by atoms with Crippen LogP contribution in [-0.4, -0.2) is 42.2 Å². The van der Waals surface area contributed by atoms with Gasteiger partial charge < -0.3 is 15.4 Å². The standard InChI is InChI=1S/C23H35N3O2/c1-28-22-13-6-5-8-17(22)16-26-20-11-7-12-21(26)15-19(14-20)25-23(27)24-18-9-3-2-4-10-18/h5-6,8,13,18-21H,2-4,7,9-12,14-16H2,1H3,(H2,24,25,27)/t20-,21-/m0/s1. The van der Waals surface area contributed by atoms with Crippen LogP contribution < -0.4 is 15.4 Å². The average molecular weight is 386 g/mol. The maximum atomic E-state index is 12.5. The quantitative estimate of drug-likeness (QED) is 0.798. The Bertz CT molecular complexity index is 645. The van der Waals surface area contributed by atoms with Crippen LogP contribution in [0.5, 0.6) is 5.75 Å². The van der Waals surface area contributed by atoms with Gasteiger partial charge in [0.05, 0.1) is 7.11 Å². The van der Waals surface area contributed by atoms with Crippen LogP contribution in [0.2, 0.25) is 0 Å². The van der Waals surface area contributed by atoms with E-state index in [0.29, 0.717) is 24.2 Å². The van der Waals surface area contributed by atoms with Crippen LogP contribution in [0.1, 0.15) is 69.8 Å². The zero-order valence-electron chi connectivity index (χ0n) is 17.2. The van der Waals surface area contributed by atoms with E-state index in [2.05, 4.69) is 33.7 Å². The van der Waals surface area contributed by atoms with E-state index in [1.54, 1.807) is 7.11 Å². The molecule has 154 valence electrons. The van der Waals surface area contributed by atoms with Crippen molar-refractivity contribution in [3.63, 3.8) is 0 Å². The Hall–Kier alpha value is -1.75. The molecule has 3 fully saturated rings. The lowest BCUT2D eigenvalue weighted by Gasteiger charge is -2.49. The zero-order chi connectivity index (χ0) is 19.3. The van der Waals surface area contributed by atoms with Crippen molar-refractivity contribution in [1.29, 1.82) is 0 Å². The molecule has 2 amide bonds. The molecule has 2 saturated heterocycles. The van der Waals surface area contributed by atoms with Gasteiger partial charge in [0.1, 0.15) is 5.75 Å². The minimum atomic E-state index is 0.0492. The fourth-order valence-electron chi connectivity index (χ4n) is 5.54. The Morgan fingerprint density at radius 3 is 2.36 bits per heavy atom. The van der Waals surface area contributed by atoms with E-state index in [0.717, 1.165) is 38.0 Å². The van der Waals surface area contributed by atoms with Gasteiger partial charge in [0.2, 0.25) is 0 Å². The number of piperidine rings is 2. The molecule has 2 atom stereocenters. The maximum Gasteiger partial charge on any atom is 0.315 e. The number of nitrogens with one attached hydrogen (secondary N) is 2. The molecule has 2 heterocycles. The summed E-state index contributed by atoms with van der Waals surface area (Å²) in [5.41, 5.74) is 1.27. The molecule has 5 nitrogen and oxygen atoms in total. The molecule has 0 radical (unpaired) electrons. The third-order valence-corrected chi connectivity index (χ3v) is 6.95. The van der Waals surface area contributed by atoms with Gasteiger partial charge in [0.15, 0.2) is 0 Å². The fourth-order valence-corrected chi connectivity index (χ4v) is 5.54. The van der Waals surface area contributed by atoms with Crippen molar-refractivity contribution in [2.24, 2.45) is 0 Å². The topological polar surface area (TPSA) is 53.6 Å². The van der Waals surface area contributed by atoms with Crippen molar-refractivity contribution < 1.29 is 9.53 Å². The number of amides is 2. The Kier molecular flexibility index (Phi) is 6.40. The Labute approximate surface area is 169 Å². The molecule has 1 aromatic rings. The highest BCUT2D eigenvalue weighted by molar-refractivity contribution is 5.74. The van der Waals surface area contributed by atoms with E-state index >= 15 is 0 Å². The third-order valence-electron chi connectivity index (χ3n) is 6.95. The number of fused-ring (bicyclic) bond motifs is 2. The van der Waals surface area contributed by atoms with Crippen LogP contribution in [0.3, 0.4) is 0 Å². The summed E-state index contributed by atoms with van der Waals surface area (Å²) in [5, 5.41) is 6.52. The first-order valence-electron chi connectivity index (χ1n) is 11.2. The van der Waals surface area contributed by atoms with E-state index in [4.69, 9.17) is 4.74 Å². The monoisotopic (exact) mass is 385 g/mol. The van der Waals surface area contributed by atoms with Crippen LogP contribution in [0, 0.1) is 0 Å². The molecule has 0 unspecified atom stereocenters. The average Bonchev–Trinajstić information content (AvgIpc) is 2.69. The van der Waals surface area contributed by atoms with Gasteiger partial charge in [-0.15, -0.1) is 0 Å². The number of carbonyl (C=O) groups is 1. The summed E-state index contributed by atoms with van der Waals surface area (Å²) in [6.45, 7) is 0.945. The van der Waals surface area contributed by atoms with Crippen molar-refractivity contribution in [2.45, 2.75) is 94.9 Å². The first kappa shape index (κ1) is 19.6. The molecule has 2 bridgehead atoms. The van der Waals surface area contributed by atoms with Gasteiger partial charge in [-0.2, -0.15) is 0 Å². The molecule has 28 heavy (non-hydrogen) atoms. The van der Waals surface area contributed by atoms with Gasteiger partial charge in [-0.1, -0.05) is 43.9 Å². The van der Waals surface area contributed by atoms with Crippen molar-refractivity contribution >= 4 is 6.03 Å². The number of urea groups is 1. The molecule has 5 heteroatoms. The third kappa shape index (κ3) is 4.62. The number of para-hydroxylation sites is 1. The number of nitrogens with zero attached hydrogens (tertiary/aromatic N) is 1. The second kappa shape index (κ2) is 9.17. The molecule has 3 aliphatic rings. The molecule has 0 spiro atoms. The molecule has 2 aliphatic heterocycles. The summed E-state index contributed by atoms with van der Waals surface area (Å²) >= 11 is 0. The van der Waals surface area contributed by atoms with Crippen LogP contribution in [0.4, 0.5) is 4.79 Å². The number of methoxy groups -OCH3 is 1. The smallest absolute Gasteiger partial charge is 0.315 e. The normalized spacial score (nSPS) is 28.5. The van der Waals surface area contributed by atoms with Crippen molar-refractivity contribution in [1.82, 2.24) is 15.5 Å². The van der Waals surface area contributed by atoms with Gasteiger partial charge in [0, 0.05) is 36.3 Å². The lowest BCUT2D eigenvalue weighted by Crippen LogP contribution is -2.58. The second-order valence-corrected chi connectivity index (χ2v) is 8.84. The van der Waals surface area contributed by atoms with Gasteiger partial charge >= 0.3 is 6.03 Å². The minimum Gasteiger partial charge on any atom is -0.496 e. The number of ether oxygens (including phenoxy) is 1. The molecule has 1 aromatic carbocycles. The number of rotatable bonds is 5. The van der Waals surface area contributed by atoms with Gasteiger partial charge in [-0.25, -0.2) is 4.79 Å². The number of hydrogen-bond donors (Lipinski definition) is 2. The highest BCUT2D eigenvalue weighted by Crippen LogP contribution is 2.36.